The van der Waals surface area contributed by atoms with Crippen LogP contribution in [0.4, 0.5) is 20.5 Å². The van der Waals surface area contributed by atoms with Gasteiger partial charge in [-0.3, -0.25) is 55.4 Å². The molecule has 0 unspecified atom stereocenters. The van der Waals surface area contributed by atoms with E-state index in [2.05, 4.69) is 98.1 Å². The van der Waals surface area contributed by atoms with Crippen LogP contribution in [0.15, 0.2) is 178 Å². The summed E-state index contributed by atoms with van der Waals surface area (Å²) in [6.45, 7) is 1.71. The number of aryl methyl sites for hydroxylation is 2. The molecule has 0 saturated carbocycles. The summed E-state index contributed by atoms with van der Waals surface area (Å²) in [5, 5.41) is 55.9. The Morgan fingerprint density at radius 3 is 1.54 bits per heavy atom. The molecule has 0 bridgehead atoms. The van der Waals surface area contributed by atoms with Gasteiger partial charge in [0.25, 0.3) is 23.6 Å². The topological polar surface area (TPSA) is 293 Å². The second-order valence-electron chi connectivity index (χ2n) is 19.8. The van der Waals surface area contributed by atoms with E-state index in [4.69, 9.17) is 20.9 Å². The fourth-order valence-corrected chi connectivity index (χ4v) is 15.9. The molecule has 4 N–H and O–H groups in total. The van der Waals surface area contributed by atoms with E-state index in [-0.39, 0.29) is 23.6 Å². The molecule has 15 rings (SSSR count). The number of nitrogens with one attached hydrogen (secondary N) is 4. The molecule has 31 heteroatoms. The summed E-state index contributed by atoms with van der Waals surface area (Å²) in [5.74, 6) is 0.346. The van der Waals surface area contributed by atoms with Gasteiger partial charge < -0.3 is 9.26 Å². The highest BCUT2D eigenvalue weighted by Crippen LogP contribution is 2.38. The number of rotatable bonds is 14. The standard InChI is InChI=1S/C18H13N5O2S.C16H9ClN4OS2.C16H14N4OS2.C14H10BrN3O2S2/c1-11-14(15(23-25-11)12-5-3-2-4-6-12)16(24)20-18-22-21-17(26-18)13-7-9-19-10-8-13;17-12-10-3-1-2-4-11(10)23-13(12)14(22)19-16-21-20-15(24-16)9-5-7-18-8-6-9;21-14(12-9-22-13-4-2-1-3-11(12)13)18-16-20-19-15(23-16)10-5-7-17-8-6-10;1-20-9-4-2-8(3-5-9)13-17-18-14(22-13)16-12(19)10-6-7-11(15)21-10/h2-10H,1H3,(H,20,22,24);1-8H,(H,19,21,22);5-9H,1-4H2,(H,18,20,21);2-7H,1H3,(H,16,18,19). The van der Waals surface area contributed by atoms with Gasteiger partial charge in [-0.15, -0.1) is 74.8 Å². The van der Waals surface area contributed by atoms with Crippen molar-refractivity contribution in [2.24, 2.45) is 0 Å². The molecule has 4 amide bonds. The Kier molecular flexibility index (Phi) is 21.4. The maximum atomic E-state index is 12.8. The average molecular weight is 1480 g/mol. The number of ether oxygens (including phenoxy) is 1. The van der Waals surface area contributed by atoms with Crippen LogP contribution in [-0.4, -0.2) is 91.6 Å². The summed E-state index contributed by atoms with van der Waals surface area (Å²) < 4.78 is 12.2. The van der Waals surface area contributed by atoms with E-state index in [0.717, 1.165) is 87.3 Å². The highest BCUT2D eigenvalue weighted by Gasteiger charge is 2.25. The number of pyridine rings is 3. The third-order valence-electron chi connectivity index (χ3n) is 13.7. The minimum absolute atomic E-state index is 0.0816. The van der Waals surface area contributed by atoms with Gasteiger partial charge in [0.2, 0.25) is 20.5 Å². The van der Waals surface area contributed by atoms with Crippen LogP contribution >= 0.6 is 107 Å². The molecule has 95 heavy (non-hydrogen) atoms. The van der Waals surface area contributed by atoms with Gasteiger partial charge in [0.1, 0.15) is 47.7 Å². The maximum absolute atomic E-state index is 12.8. The van der Waals surface area contributed by atoms with Gasteiger partial charge in [0.05, 0.1) is 26.4 Å². The molecule has 0 aliphatic heterocycles. The van der Waals surface area contributed by atoms with Crippen molar-refractivity contribution in [3.8, 4) is 59.3 Å². The van der Waals surface area contributed by atoms with Crippen molar-refractivity contribution in [3.05, 3.63) is 216 Å². The summed E-state index contributed by atoms with van der Waals surface area (Å²) in [4.78, 5) is 64.2. The Hall–Kier alpha value is -9.63. The summed E-state index contributed by atoms with van der Waals surface area (Å²) >= 11 is 19.4. The van der Waals surface area contributed by atoms with Crippen LogP contribution in [0, 0.1) is 6.92 Å². The van der Waals surface area contributed by atoms with E-state index >= 15 is 0 Å². The number of nitrogens with zero attached hydrogens (tertiary/aromatic N) is 12. The first-order valence-corrected chi connectivity index (χ1v) is 35.3. The van der Waals surface area contributed by atoms with Crippen molar-refractivity contribution in [1.29, 1.82) is 0 Å². The van der Waals surface area contributed by atoms with Crippen molar-refractivity contribution in [1.82, 2.24) is 60.9 Å². The molecule has 474 valence electrons. The number of aromatic nitrogens is 12. The molecule has 3 aromatic carbocycles. The predicted molar refractivity (Wildman–Crippen MR) is 380 cm³/mol. The van der Waals surface area contributed by atoms with Crippen LogP contribution in [0.25, 0.3) is 63.6 Å². The number of benzene rings is 3. The zero-order valence-corrected chi connectivity index (χ0v) is 57.5. The molecule has 22 nitrogen and oxygen atoms in total. The molecule has 0 spiro atoms. The molecular weight excluding hydrogens is 1430 g/mol. The monoisotopic (exact) mass is 1470 g/mol. The number of fused-ring (bicyclic) bond motifs is 2. The quantitative estimate of drug-likeness (QED) is 0.0786. The van der Waals surface area contributed by atoms with E-state index in [0.29, 0.717) is 57.3 Å². The largest absolute Gasteiger partial charge is 0.497 e. The van der Waals surface area contributed by atoms with Gasteiger partial charge in [-0.1, -0.05) is 111 Å². The third kappa shape index (κ3) is 16.3. The van der Waals surface area contributed by atoms with Crippen molar-refractivity contribution < 1.29 is 28.4 Å². The minimum atomic E-state index is -0.333. The normalized spacial score (nSPS) is 11.4. The number of hydrogen-bond acceptors (Lipinski definition) is 25. The molecule has 0 fully saturated rings. The Bertz CT molecular complexity index is 4950. The van der Waals surface area contributed by atoms with Crippen molar-refractivity contribution >= 4 is 161 Å². The SMILES string of the molecule is COc1ccc(-c2nnc(NC(=O)c3ccc(Br)s3)s2)cc1.Cc1onc(-c2ccccc2)c1C(=O)Nc1nnc(-c2ccncc2)s1.O=C(Nc1nnc(-c2ccncc2)s1)c1csc2c1CCCC2.O=C(Nc1nnc(-c2ccncc2)s1)c1sc2ccccc2c1Cl. The highest BCUT2D eigenvalue weighted by atomic mass is 79.9. The van der Waals surface area contributed by atoms with Crippen LogP contribution < -0.4 is 26.0 Å². The van der Waals surface area contributed by atoms with Crippen LogP contribution in [-0.2, 0) is 12.8 Å². The first-order valence-electron chi connectivity index (χ1n) is 28.4. The molecule has 11 aromatic heterocycles. The van der Waals surface area contributed by atoms with Gasteiger partial charge in [-0.2, -0.15) is 0 Å². The summed E-state index contributed by atoms with van der Waals surface area (Å²) in [6, 6.07) is 39.3. The van der Waals surface area contributed by atoms with E-state index in [1.165, 1.54) is 84.9 Å². The van der Waals surface area contributed by atoms with Crippen molar-refractivity contribution in [3.63, 3.8) is 0 Å². The van der Waals surface area contributed by atoms with E-state index < -0.39 is 0 Å². The van der Waals surface area contributed by atoms with E-state index in [1.807, 2.05) is 127 Å². The van der Waals surface area contributed by atoms with Gasteiger partial charge in [0.15, 0.2) is 0 Å². The summed E-state index contributed by atoms with van der Waals surface area (Å²) in [6.07, 6.45) is 14.6. The molecule has 0 saturated heterocycles. The third-order valence-corrected chi connectivity index (χ3v) is 21.6. The van der Waals surface area contributed by atoms with Crippen LogP contribution in [0.3, 0.4) is 0 Å². The molecule has 1 aliphatic rings. The lowest BCUT2D eigenvalue weighted by atomic mass is 9.96. The summed E-state index contributed by atoms with van der Waals surface area (Å²) in [5.41, 5.74) is 7.39. The van der Waals surface area contributed by atoms with E-state index in [1.54, 1.807) is 68.6 Å². The number of thiophene rings is 3. The van der Waals surface area contributed by atoms with Crippen LogP contribution in [0.1, 0.15) is 69.1 Å². The lowest BCUT2D eigenvalue weighted by Gasteiger charge is -2.12. The van der Waals surface area contributed by atoms with Gasteiger partial charge in [-0.05, 0) is 133 Å². The Labute approximate surface area is 581 Å². The predicted octanol–water partition coefficient (Wildman–Crippen LogP) is 16.6. The van der Waals surface area contributed by atoms with Crippen LogP contribution in [0.5, 0.6) is 5.75 Å². The molecule has 1 aliphatic carbocycles. The molecule has 0 radical (unpaired) electrons. The molecule has 14 aromatic rings. The zero-order chi connectivity index (χ0) is 65.6. The number of anilines is 4. The smallest absolute Gasteiger partial charge is 0.269 e. The minimum Gasteiger partial charge on any atom is -0.497 e. The lowest BCUT2D eigenvalue weighted by molar-refractivity contribution is 0.101. The first-order chi connectivity index (χ1) is 46.4. The van der Waals surface area contributed by atoms with E-state index in [9.17, 15) is 19.2 Å². The number of halogens is 2. The van der Waals surface area contributed by atoms with Gasteiger partial charge in [0, 0.05) is 85.3 Å². The molecule has 11 heterocycles. The number of carbonyl (C=O) groups excluding carboxylic acids is 4. The molecular formula is C64H46BrClN16O6S7. The second kappa shape index (κ2) is 31.1. The first kappa shape index (κ1) is 65.4. The highest BCUT2D eigenvalue weighted by molar-refractivity contribution is 9.11. The second-order valence-corrected chi connectivity index (χ2v) is 28.6. The van der Waals surface area contributed by atoms with Gasteiger partial charge >= 0.3 is 0 Å². The number of amides is 4. The van der Waals surface area contributed by atoms with Gasteiger partial charge in [-0.25, -0.2) is 0 Å². The fraction of sp³-hybridized carbons (Fsp3) is 0.0938. The Balaban J connectivity index is 0.000000122. The Morgan fingerprint density at radius 1 is 0.516 bits per heavy atom. The van der Waals surface area contributed by atoms with Crippen molar-refractivity contribution in [2.75, 3.05) is 28.4 Å². The lowest BCUT2D eigenvalue weighted by Crippen LogP contribution is -2.14. The number of methoxy groups -OCH3 is 1. The Morgan fingerprint density at radius 2 is 1.01 bits per heavy atom. The van der Waals surface area contributed by atoms with Crippen LogP contribution in [0.2, 0.25) is 5.02 Å². The summed E-state index contributed by atoms with van der Waals surface area (Å²) in [7, 11) is 1.62. The maximum Gasteiger partial charge on any atom is 0.269 e. The number of hydrogen-bond donors (Lipinski definition) is 4. The average Bonchev–Trinajstić information content (AvgIpc) is 1.75. The number of carbonyl (C=O) groups is 4. The fourth-order valence-electron chi connectivity index (χ4n) is 9.13. The van der Waals surface area contributed by atoms with Crippen molar-refractivity contribution in [2.45, 2.75) is 32.6 Å². The zero-order valence-electron chi connectivity index (χ0n) is 49.4. The molecule has 0 atom stereocenters.